The Morgan fingerprint density at radius 1 is 0.795 bits per heavy atom. The number of nitro groups is 2. The third-order valence-electron chi connectivity index (χ3n) is 5.47. The number of pyridine rings is 1. The Hall–Kier alpha value is -4.46. The molecule has 13 heteroatoms. The summed E-state index contributed by atoms with van der Waals surface area (Å²) in [5, 5.41) is 22.8. The van der Waals surface area contributed by atoms with E-state index in [1.807, 2.05) is 33.1 Å². The molecule has 0 bridgehead atoms. The monoisotopic (exact) mass is 540 g/mol. The molecule has 0 aliphatic carbocycles. The number of nitrogens with two attached hydrogens (primary N) is 1. The molecule has 208 valence electrons. The van der Waals surface area contributed by atoms with Gasteiger partial charge in [-0.15, -0.1) is 0 Å². The maximum absolute atomic E-state index is 12.2. The van der Waals surface area contributed by atoms with E-state index in [0.29, 0.717) is 22.7 Å². The Kier molecular flexibility index (Phi) is 11.4. The fourth-order valence-electron chi connectivity index (χ4n) is 3.50. The van der Waals surface area contributed by atoms with Gasteiger partial charge in [-0.3, -0.25) is 25.0 Å². The van der Waals surface area contributed by atoms with Crippen molar-refractivity contribution >= 4 is 32.9 Å². The maximum atomic E-state index is 12.2. The molecule has 39 heavy (non-hydrogen) atoms. The van der Waals surface area contributed by atoms with Crippen LogP contribution in [0.3, 0.4) is 0 Å². The zero-order chi connectivity index (χ0) is 29.1. The van der Waals surface area contributed by atoms with E-state index in [-0.39, 0.29) is 22.3 Å². The van der Waals surface area contributed by atoms with Crippen molar-refractivity contribution in [2.24, 2.45) is 5.73 Å². The SMILES string of the molecule is CN(C)CCN.CN(C)CCn1ccc2c([N+](=O)[O-])cccc2c1=O.O=c1occc2c([N+](=O)[O-])cccc12. The second-order valence-electron chi connectivity index (χ2n) is 8.91. The van der Waals surface area contributed by atoms with Gasteiger partial charge in [0, 0.05) is 44.5 Å². The molecule has 2 aromatic heterocycles. The third kappa shape index (κ3) is 8.53. The van der Waals surface area contributed by atoms with Gasteiger partial charge in [0.2, 0.25) is 0 Å². The van der Waals surface area contributed by atoms with Gasteiger partial charge in [0.05, 0.1) is 37.7 Å². The van der Waals surface area contributed by atoms with Crippen molar-refractivity contribution < 1.29 is 14.3 Å². The van der Waals surface area contributed by atoms with Gasteiger partial charge in [-0.05, 0) is 52.5 Å². The lowest BCUT2D eigenvalue weighted by atomic mass is 10.1. The summed E-state index contributed by atoms with van der Waals surface area (Å²) in [6, 6.07) is 11.9. The highest BCUT2D eigenvalue weighted by molar-refractivity contribution is 5.90. The standard InChI is InChI=1S/C13H15N3O3.C9H5NO4.C4H12N2/c1-14(2)8-9-15-7-6-10-11(13(15)17)4-3-5-12(10)16(18)19;11-9-7-2-1-3-8(10(12)13)6(7)4-5-14-9;1-6(2)4-3-5/h3-7H,8-9H2,1-2H3;1-5H;3-5H2,1-2H3. The number of likely N-dealkylation sites (N-methyl/N-ethyl adjacent to an activating group) is 2. The molecule has 0 fully saturated rings. The van der Waals surface area contributed by atoms with Crippen LogP contribution in [0, 0.1) is 20.2 Å². The van der Waals surface area contributed by atoms with Crippen molar-refractivity contribution in [3.8, 4) is 0 Å². The molecule has 2 N–H and O–H groups in total. The quantitative estimate of drug-likeness (QED) is 0.271. The van der Waals surface area contributed by atoms with Crippen LogP contribution in [0.5, 0.6) is 0 Å². The molecule has 0 aliphatic rings. The first-order chi connectivity index (χ1) is 18.5. The number of aromatic nitrogens is 1. The van der Waals surface area contributed by atoms with Crippen LogP contribution >= 0.6 is 0 Å². The number of non-ortho nitro benzene ring substituents is 2. The van der Waals surface area contributed by atoms with E-state index in [0.717, 1.165) is 25.9 Å². The number of rotatable bonds is 7. The lowest BCUT2D eigenvalue weighted by molar-refractivity contribution is -0.383. The van der Waals surface area contributed by atoms with Crippen molar-refractivity contribution in [1.29, 1.82) is 0 Å². The molecule has 13 nitrogen and oxygen atoms in total. The lowest BCUT2D eigenvalue weighted by Crippen LogP contribution is -2.26. The predicted octanol–water partition coefficient (Wildman–Crippen LogP) is 2.68. The Labute approximate surface area is 224 Å². The molecular weight excluding hydrogens is 508 g/mol. The minimum atomic E-state index is -0.564. The lowest BCUT2D eigenvalue weighted by Gasteiger charge is -2.11. The summed E-state index contributed by atoms with van der Waals surface area (Å²) in [6.45, 7) is 3.04. The van der Waals surface area contributed by atoms with E-state index in [2.05, 4.69) is 9.32 Å². The number of hydrogen-bond acceptors (Lipinski definition) is 10. The highest BCUT2D eigenvalue weighted by Crippen LogP contribution is 2.23. The number of benzene rings is 2. The van der Waals surface area contributed by atoms with Gasteiger partial charge in [-0.2, -0.15) is 0 Å². The van der Waals surface area contributed by atoms with E-state index in [1.165, 1.54) is 36.4 Å². The molecule has 2 heterocycles. The molecule has 0 radical (unpaired) electrons. The van der Waals surface area contributed by atoms with Crippen LogP contribution in [0.2, 0.25) is 0 Å². The molecule has 0 saturated heterocycles. The van der Waals surface area contributed by atoms with E-state index in [1.54, 1.807) is 22.9 Å². The van der Waals surface area contributed by atoms with Gasteiger partial charge in [0.25, 0.3) is 16.9 Å². The Morgan fingerprint density at radius 3 is 1.82 bits per heavy atom. The topological polar surface area (TPSA) is 171 Å². The van der Waals surface area contributed by atoms with E-state index < -0.39 is 15.5 Å². The van der Waals surface area contributed by atoms with Crippen molar-refractivity contribution in [3.05, 3.63) is 102 Å². The normalized spacial score (nSPS) is 10.6. The summed E-state index contributed by atoms with van der Waals surface area (Å²) in [4.78, 5) is 48.0. The first-order valence-corrected chi connectivity index (χ1v) is 11.9. The van der Waals surface area contributed by atoms with Crippen LogP contribution in [-0.4, -0.2) is 72.0 Å². The zero-order valence-electron chi connectivity index (χ0n) is 22.3. The van der Waals surface area contributed by atoms with Crippen molar-refractivity contribution in [1.82, 2.24) is 14.4 Å². The largest absolute Gasteiger partial charge is 0.431 e. The van der Waals surface area contributed by atoms with Crippen molar-refractivity contribution in [2.45, 2.75) is 6.54 Å². The van der Waals surface area contributed by atoms with Gasteiger partial charge >= 0.3 is 5.63 Å². The van der Waals surface area contributed by atoms with Crippen LogP contribution in [-0.2, 0) is 6.54 Å². The average molecular weight is 541 g/mol. The van der Waals surface area contributed by atoms with Crippen LogP contribution < -0.4 is 16.9 Å². The Morgan fingerprint density at radius 2 is 1.33 bits per heavy atom. The van der Waals surface area contributed by atoms with Crippen molar-refractivity contribution in [3.63, 3.8) is 0 Å². The first kappa shape index (κ1) is 30.8. The van der Waals surface area contributed by atoms with Gasteiger partial charge in [0.1, 0.15) is 0 Å². The van der Waals surface area contributed by atoms with Gasteiger partial charge in [0.15, 0.2) is 0 Å². The van der Waals surface area contributed by atoms with Gasteiger partial charge in [-0.1, -0.05) is 12.1 Å². The molecule has 2 aromatic carbocycles. The van der Waals surface area contributed by atoms with E-state index in [9.17, 15) is 29.8 Å². The highest BCUT2D eigenvalue weighted by atomic mass is 16.6. The molecule has 0 unspecified atom stereocenters. The Bertz CT molecular complexity index is 1550. The van der Waals surface area contributed by atoms with Crippen LogP contribution in [0.1, 0.15) is 0 Å². The predicted molar refractivity (Wildman–Crippen MR) is 150 cm³/mol. The fraction of sp³-hybridized carbons (Fsp3) is 0.308. The summed E-state index contributed by atoms with van der Waals surface area (Å²) < 4.78 is 6.17. The van der Waals surface area contributed by atoms with E-state index >= 15 is 0 Å². The minimum Gasteiger partial charge on any atom is -0.431 e. The van der Waals surface area contributed by atoms with Crippen molar-refractivity contribution in [2.75, 3.05) is 47.8 Å². The number of hydrogen-bond donors (Lipinski definition) is 1. The molecule has 4 aromatic rings. The number of nitrogens with zero attached hydrogens (tertiary/aromatic N) is 5. The van der Waals surface area contributed by atoms with Gasteiger partial charge in [-0.25, -0.2) is 4.79 Å². The summed E-state index contributed by atoms with van der Waals surface area (Å²) >= 11 is 0. The summed E-state index contributed by atoms with van der Waals surface area (Å²) in [5.74, 6) is 0. The Balaban J connectivity index is 0.000000234. The second-order valence-corrected chi connectivity index (χ2v) is 8.91. The van der Waals surface area contributed by atoms with E-state index in [4.69, 9.17) is 5.73 Å². The summed E-state index contributed by atoms with van der Waals surface area (Å²) in [5.41, 5.74) is 4.31. The highest BCUT2D eigenvalue weighted by Gasteiger charge is 2.14. The van der Waals surface area contributed by atoms with Crippen LogP contribution in [0.4, 0.5) is 11.4 Å². The third-order valence-corrected chi connectivity index (χ3v) is 5.47. The summed E-state index contributed by atoms with van der Waals surface area (Å²) in [6.07, 6.45) is 2.76. The summed E-state index contributed by atoms with van der Waals surface area (Å²) in [7, 11) is 7.87. The molecule has 0 aliphatic heterocycles. The van der Waals surface area contributed by atoms with Crippen LogP contribution in [0.25, 0.3) is 21.5 Å². The first-order valence-electron chi connectivity index (χ1n) is 11.9. The fourth-order valence-corrected chi connectivity index (χ4v) is 3.50. The minimum absolute atomic E-state index is 0.0330. The maximum Gasteiger partial charge on any atom is 0.343 e. The molecular formula is C26H32N6O7. The molecule has 4 rings (SSSR count). The second kappa shape index (κ2) is 14.5. The molecule has 0 atom stereocenters. The smallest absolute Gasteiger partial charge is 0.343 e. The molecule has 0 saturated carbocycles. The number of fused-ring (bicyclic) bond motifs is 2. The molecule has 0 amide bonds. The number of nitro benzene ring substituents is 2. The van der Waals surface area contributed by atoms with Crippen LogP contribution in [0.15, 0.2) is 75.0 Å². The molecule has 0 spiro atoms. The van der Waals surface area contributed by atoms with Gasteiger partial charge < -0.3 is 24.5 Å². The average Bonchev–Trinajstić information content (AvgIpc) is 2.88. The zero-order valence-corrected chi connectivity index (χ0v) is 22.3.